The minimum Gasteiger partial charge on any atom is -0.419 e. The highest BCUT2D eigenvalue weighted by Gasteiger charge is 2.16. The summed E-state index contributed by atoms with van der Waals surface area (Å²) in [5.41, 5.74) is 6.41. The average molecular weight is 272 g/mol. The average Bonchev–Trinajstić information content (AvgIpc) is 2.81. The molecule has 0 saturated heterocycles. The number of nitrogens with two attached hydrogens (primary N) is 1. The molecule has 2 aromatic rings. The van der Waals surface area contributed by atoms with Crippen molar-refractivity contribution < 1.29 is 4.42 Å². The minimum absolute atomic E-state index is 0.255. The standard InChI is InChI=1S/C11H11Cl2N3O/c1-2-8(14)11-16-15-10(17-11)6-4-3-5-7(12)9(6)13/h3-5,8H,2,14H2,1H3. The first-order valence-corrected chi connectivity index (χ1v) is 5.92. The van der Waals surface area contributed by atoms with Crippen molar-refractivity contribution in [2.75, 3.05) is 0 Å². The van der Waals surface area contributed by atoms with E-state index in [1.807, 2.05) is 6.92 Å². The molecule has 0 saturated carbocycles. The molecule has 0 fully saturated rings. The van der Waals surface area contributed by atoms with Crippen molar-refractivity contribution in [3.8, 4) is 11.5 Å². The number of nitrogens with zero attached hydrogens (tertiary/aromatic N) is 2. The van der Waals surface area contributed by atoms with Crippen molar-refractivity contribution in [3.05, 3.63) is 34.1 Å². The quantitative estimate of drug-likeness (QED) is 0.929. The molecule has 0 aliphatic heterocycles. The Morgan fingerprint density at radius 3 is 2.82 bits per heavy atom. The van der Waals surface area contributed by atoms with Gasteiger partial charge < -0.3 is 10.2 Å². The van der Waals surface area contributed by atoms with Crippen LogP contribution in [0, 0.1) is 0 Å². The van der Waals surface area contributed by atoms with Crippen molar-refractivity contribution in [3.63, 3.8) is 0 Å². The molecule has 6 heteroatoms. The predicted octanol–water partition coefficient (Wildman–Crippen LogP) is 3.45. The molecule has 0 radical (unpaired) electrons. The fourth-order valence-corrected chi connectivity index (χ4v) is 1.72. The van der Waals surface area contributed by atoms with Crippen LogP contribution in [0.15, 0.2) is 22.6 Å². The fourth-order valence-electron chi connectivity index (χ4n) is 1.34. The molecular weight excluding hydrogens is 261 g/mol. The van der Waals surface area contributed by atoms with Gasteiger partial charge in [0.05, 0.1) is 21.7 Å². The fraction of sp³-hybridized carbons (Fsp3) is 0.273. The SMILES string of the molecule is CCC(N)c1nnc(-c2cccc(Cl)c2Cl)o1. The topological polar surface area (TPSA) is 64.9 Å². The van der Waals surface area contributed by atoms with Crippen LogP contribution in [0.2, 0.25) is 10.0 Å². The monoisotopic (exact) mass is 271 g/mol. The highest BCUT2D eigenvalue weighted by atomic mass is 35.5. The predicted molar refractivity (Wildman–Crippen MR) is 67.0 cm³/mol. The molecule has 0 aliphatic rings. The third-order valence-electron chi connectivity index (χ3n) is 2.38. The molecular formula is C11H11Cl2N3O. The van der Waals surface area contributed by atoms with E-state index in [2.05, 4.69) is 10.2 Å². The first-order chi connectivity index (χ1) is 8.13. The molecule has 17 heavy (non-hydrogen) atoms. The Balaban J connectivity index is 2.40. The highest BCUT2D eigenvalue weighted by molar-refractivity contribution is 6.43. The summed E-state index contributed by atoms with van der Waals surface area (Å²) in [6.45, 7) is 1.95. The first kappa shape index (κ1) is 12.4. The lowest BCUT2D eigenvalue weighted by Gasteiger charge is -2.02. The third kappa shape index (κ3) is 2.44. The summed E-state index contributed by atoms with van der Waals surface area (Å²) in [4.78, 5) is 0. The zero-order valence-electron chi connectivity index (χ0n) is 9.15. The van der Waals surface area contributed by atoms with Gasteiger partial charge in [0.2, 0.25) is 11.8 Å². The number of hydrogen-bond donors (Lipinski definition) is 1. The summed E-state index contributed by atoms with van der Waals surface area (Å²) in [7, 11) is 0. The van der Waals surface area contributed by atoms with Gasteiger partial charge in [-0.15, -0.1) is 10.2 Å². The van der Waals surface area contributed by atoms with Crippen LogP contribution >= 0.6 is 23.2 Å². The molecule has 1 aromatic heterocycles. The smallest absolute Gasteiger partial charge is 0.249 e. The molecule has 2 rings (SSSR count). The molecule has 0 amide bonds. The molecule has 4 nitrogen and oxygen atoms in total. The summed E-state index contributed by atoms with van der Waals surface area (Å²) >= 11 is 12.0. The second-order valence-electron chi connectivity index (χ2n) is 3.56. The summed E-state index contributed by atoms with van der Waals surface area (Å²) in [5, 5.41) is 8.65. The van der Waals surface area contributed by atoms with E-state index < -0.39 is 0 Å². The summed E-state index contributed by atoms with van der Waals surface area (Å²) < 4.78 is 5.47. The lowest BCUT2D eigenvalue weighted by Crippen LogP contribution is -2.08. The van der Waals surface area contributed by atoms with Crippen molar-refractivity contribution in [2.45, 2.75) is 19.4 Å². The van der Waals surface area contributed by atoms with Crippen LogP contribution in [0.5, 0.6) is 0 Å². The van der Waals surface area contributed by atoms with Gasteiger partial charge in [0, 0.05) is 0 Å². The summed E-state index contributed by atoms with van der Waals surface area (Å²) in [6, 6.07) is 4.98. The van der Waals surface area contributed by atoms with Gasteiger partial charge in [0.25, 0.3) is 0 Å². The molecule has 0 bridgehead atoms. The third-order valence-corrected chi connectivity index (χ3v) is 3.20. The van der Waals surface area contributed by atoms with Gasteiger partial charge in [-0.1, -0.05) is 36.2 Å². The van der Waals surface area contributed by atoms with E-state index in [9.17, 15) is 0 Å². The summed E-state index contributed by atoms with van der Waals surface area (Å²) in [5.74, 6) is 0.731. The Hall–Kier alpha value is -1.10. The normalized spacial score (nSPS) is 12.7. The number of hydrogen-bond acceptors (Lipinski definition) is 4. The van der Waals surface area contributed by atoms with Crippen LogP contribution in [0.25, 0.3) is 11.5 Å². The van der Waals surface area contributed by atoms with Crippen LogP contribution in [-0.4, -0.2) is 10.2 Å². The van der Waals surface area contributed by atoms with E-state index in [0.29, 0.717) is 27.4 Å². The molecule has 0 spiro atoms. The minimum atomic E-state index is -0.255. The van der Waals surface area contributed by atoms with E-state index in [4.69, 9.17) is 33.4 Å². The maximum atomic E-state index is 6.06. The molecule has 1 atom stereocenters. The number of halogens is 2. The van der Waals surface area contributed by atoms with Gasteiger partial charge in [-0.2, -0.15) is 0 Å². The maximum absolute atomic E-state index is 6.06. The van der Waals surface area contributed by atoms with Gasteiger partial charge in [0.1, 0.15) is 0 Å². The van der Waals surface area contributed by atoms with E-state index in [0.717, 1.165) is 6.42 Å². The Bertz CT molecular complexity index is 527. The van der Waals surface area contributed by atoms with E-state index in [1.54, 1.807) is 18.2 Å². The van der Waals surface area contributed by atoms with Crippen LogP contribution in [0.4, 0.5) is 0 Å². The Morgan fingerprint density at radius 1 is 1.35 bits per heavy atom. The first-order valence-electron chi connectivity index (χ1n) is 5.16. The van der Waals surface area contributed by atoms with Crippen LogP contribution in [0.1, 0.15) is 25.3 Å². The Labute approximate surface area is 109 Å². The van der Waals surface area contributed by atoms with Crippen molar-refractivity contribution >= 4 is 23.2 Å². The van der Waals surface area contributed by atoms with Crippen LogP contribution in [0.3, 0.4) is 0 Å². The molecule has 0 aliphatic carbocycles. The second kappa shape index (κ2) is 5.04. The second-order valence-corrected chi connectivity index (χ2v) is 4.35. The van der Waals surface area contributed by atoms with Gasteiger partial charge in [-0.3, -0.25) is 0 Å². The molecule has 90 valence electrons. The van der Waals surface area contributed by atoms with Gasteiger partial charge in [0.15, 0.2) is 0 Å². The lowest BCUT2D eigenvalue weighted by molar-refractivity contribution is 0.452. The van der Waals surface area contributed by atoms with Crippen LogP contribution in [-0.2, 0) is 0 Å². The Morgan fingerprint density at radius 2 is 2.12 bits per heavy atom. The van der Waals surface area contributed by atoms with Gasteiger partial charge in [-0.25, -0.2) is 0 Å². The molecule has 1 aromatic carbocycles. The van der Waals surface area contributed by atoms with E-state index >= 15 is 0 Å². The number of aromatic nitrogens is 2. The van der Waals surface area contributed by atoms with Crippen molar-refractivity contribution in [1.82, 2.24) is 10.2 Å². The van der Waals surface area contributed by atoms with Crippen molar-refractivity contribution in [2.24, 2.45) is 5.73 Å². The maximum Gasteiger partial charge on any atom is 0.249 e. The Kier molecular flexibility index (Phi) is 3.66. The van der Waals surface area contributed by atoms with Gasteiger partial charge >= 0.3 is 0 Å². The van der Waals surface area contributed by atoms with E-state index in [-0.39, 0.29) is 6.04 Å². The number of rotatable bonds is 3. The highest BCUT2D eigenvalue weighted by Crippen LogP contribution is 2.33. The lowest BCUT2D eigenvalue weighted by atomic mass is 10.2. The van der Waals surface area contributed by atoms with Crippen LogP contribution < -0.4 is 5.73 Å². The zero-order chi connectivity index (χ0) is 12.4. The zero-order valence-corrected chi connectivity index (χ0v) is 10.7. The van der Waals surface area contributed by atoms with E-state index in [1.165, 1.54) is 0 Å². The molecule has 1 heterocycles. The van der Waals surface area contributed by atoms with Crippen molar-refractivity contribution in [1.29, 1.82) is 0 Å². The number of benzene rings is 1. The molecule has 1 unspecified atom stereocenters. The van der Waals surface area contributed by atoms with Gasteiger partial charge in [-0.05, 0) is 18.6 Å². The summed E-state index contributed by atoms with van der Waals surface area (Å²) in [6.07, 6.45) is 0.727. The largest absolute Gasteiger partial charge is 0.419 e. The molecule has 2 N–H and O–H groups in total.